The molecule has 2 N–H and O–H groups in total. The van der Waals surface area contributed by atoms with E-state index in [1.165, 1.54) is 0 Å². The first kappa shape index (κ1) is 22.2. The second kappa shape index (κ2) is 11.0. The molecule has 1 amide bonds. The van der Waals surface area contributed by atoms with Gasteiger partial charge in [0.15, 0.2) is 0 Å². The van der Waals surface area contributed by atoms with Crippen LogP contribution in [0.5, 0.6) is 5.75 Å². The van der Waals surface area contributed by atoms with E-state index in [1.54, 1.807) is 18.5 Å². The zero-order valence-corrected chi connectivity index (χ0v) is 16.3. The summed E-state index contributed by atoms with van der Waals surface area (Å²) in [5, 5.41) is 6.45. The Hall–Kier alpha value is -1.82. The first-order valence-electron chi connectivity index (χ1n) is 8.36. The van der Waals surface area contributed by atoms with Crippen molar-refractivity contribution in [3.8, 4) is 5.75 Å². The van der Waals surface area contributed by atoms with Gasteiger partial charge in [0.25, 0.3) is 5.91 Å². The van der Waals surface area contributed by atoms with Gasteiger partial charge < -0.3 is 15.4 Å². The number of hydrogen-bond acceptors (Lipinski definition) is 4. The van der Waals surface area contributed by atoms with Gasteiger partial charge in [-0.3, -0.25) is 9.78 Å². The predicted molar refractivity (Wildman–Crippen MR) is 107 cm³/mol. The van der Waals surface area contributed by atoms with Crippen molar-refractivity contribution in [1.82, 2.24) is 15.6 Å². The van der Waals surface area contributed by atoms with Crippen LogP contribution in [0.1, 0.15) is 29.3 Å². The summed E-state index contributed by atoms with van der Waals surface area (Å²) in [5.41, 5.74) is 1.62. The van der Waals surface area contributed by atoms with Gasteiger partial charge in [-0.2, -0.15) is 0 Å². The standard InChI is InChI=1S/C19H23N3O2.2ClH/c1-14-7-9-21-12-18(14)22-19(23)16-5-2-6-17(10-16)24-13-15-4-3-8-20-11-15;;/h2-6,8,10-11,14,18,21H,7,9,12-13H2,1H3,(H,22,23);2*1H. The minimum atomic E-state index is -0.0534. The van der Waals surface area contributed by atoms with Gasteiger partial charge in [0, 0.05) is 36.1 Å². The Balaban J connectivity index is 0.00000169. The molecule has 0 radical (unpaired) electrons. The van der Waals surface area contributed by atoms with E-state index in [9.17, 15) is 4.79 Å². The van der Waals surface area contributed by atoms with Crippen LogP contribution in [0.3, 0.4) is 0 Å². The number of piperidine rings is 1. The van der Waals surface area contributed by atoms with E-state index < -0.39 is 0 Å². The number of pyridine rings is 1. The number of carbonyl (C=O) groups is 1. The maximum Gasteiger partial charge on any atom is 0.251 e. The van der Waals surface area contributed by atoms with Crippen LogP contribution < -0.4 is 15.4 Å². The fraction of sp³-hybridized carbons (Fsp3) is 0.368. The van der Waals surface area contributed by atoms with E-state index in [2.05, 4.69) is 22.5 Å². The highest BCUT2D eigenvalue weighted by Crippen LogP contribution is 2.17. The molecular weight excluding hydrogens is 373 g/mol. The summed E-state index contributed by atoms with van der Waals surface area (Å²) in [7, 11) is 0. The third-order valence-corrected chi connectivity index (χ3v) is 4.37. The number of rotatable bonds is 5. The molecule has 1 fully saturated rings. The summed E-state index contributed by atoms with van der Waals surface area (Å²) in [6.45, 7) is 4.46. The summed E-state index contributed by atoms with van der Waals surface area (Å²) in [4.78, 5) is 16.5. The smallest absolute Gasteiger partial charge is 0.251 e. The van der Waals surface area contributed by atoms with Gasteiger partial charge in [-0.1, -0.05) is 19.1 Å². The minimum absolute atomic E-state index is 0. The number of halogens is 2. The number of aromatic nitrogens is 1. The Labute approximate surface area is 166 Å². The van der Waals surface area contributed by atoms with Crippen LogP contribution in [0, 0.1) is 5.92 Å². The Morgan fingerprint density at radius 1 is 1.31 bits per heavy atom. The van der Waals surface area contributed by atoms with Crippen LogP contribution in [-0.2, 0) is 6.61 Å². The third kappa shape index (κ3) is 6.16. The molecule has 1 saturated heterocycles. The lowest BCUT2D eigenvalue weighted by atomic mass is 9.94. The molecule has 0 saturated carbocycles. The van der Waals surface area contributed by atoms with Gasteiger partial charge in [-0.25, -0.2) is 0 Å². The topological polar surface area (TPSA) is 63.2 Å². The highest BCUT2D eigenvalue weighted by Gasteiger charge is 2.23. The molecule has 0 bridgehead atoms. The van der Waals surface area contributed by atoms with Crippen molar-refractivity contribution in [2.75, 3.05) is 13.1 Å². The van der Waals surface area contributed by atoms with E-state index in [4.69, 9.17) is 4.74 Å². The summed E-state index contributed by atoms with van der Waals surface area (Å²) in [6, 6.07) is 11.3. The summed E-state index contributed by atoms with van der Waals surface area (Å²) in [6.07, 6.45) is 4.59. The van der Waals surface area contributed by atoms with Crippen LogP contribution >= 0.6 is 24.8 Å². The van der Waals surface area contributed by atoms with E-state index in [-0.39, 0.29) is 36.8 Å². The number of benzene rings is 1. The molecule has 1 aliphatic rings. The maximum atomic E-state index is 12.5. The predicted octanol–water partition coefficient (Wildman–Crippen LogP) is 3.23. The SMILES string of the molecule is CC1CCNCC1NC(=O)c1cccc(OCc2cccnc2)c1.Cl.Cl. The van der Waals surface area contributed by atoms with Gasteiger partial charge >= 0.3 is 0 Å². The van der Waals surface area contributed by atoms with Crippen LogP contribution in [0.2, 0.25) is 0 Å². The van der Waals surface area contributed by atoms with Crippen molar-refractivity contribution >= 4 is 30.7 Å². The average molecular weight is 398 g/mol. The fourth-order valence-corrected chi connectivity index (χ4v) is 2.81. The Morgan fingerprint density at radius 3 is 2.88 bits per heavy atom. The number of nitrogens with zero attached hydrogens (tertiary/aromatic N) is 1. The van der Waals surface area contributed by atoms with Gasteiger partial charge in [0.1, 0.15) is 12.4 Å². The van der Waals surface area contributed by atoms with E-state index in [0.29, 0.717) is 23.8 Å². The van der Waals surface area contributed by atoms with Crippen LogP contribution in [0.15, 0.2) is 48.8 Å². The monoisotopic (exact) mass is 397 g/mol. The first-order chi connectivity index (χ1) is 11.7. The summed E-state index contributed by atoms with van der Waals surface area (Å²) >= 11 is 0. The third-order valence-electron chi connectivity index (χ3n) is 4.37. The zero-order chi connectivity index (χ0) is 16.8. The number of amides is 1. The number of nitrogens with one attached hydrogen (secondary N) is 2. The van der Waals surface area contributed by atoms with Crippen LogP contribution in [-0.4, -0.2) is 30.0 Å². The lowest BCUT2D eigenvalue weighted by Gasteiger charge is -2.30. The molecule has 2 heterocycles. The normalized spacial score (nSPS) is 18.8. The van der Waals surface area contributed by atoms with Crippen molar-refractivity contribution in [2.24, 2.45) is 5.92 Å². The molecule has 26 heavy (non-hydrogen) atoms. The lowest BCUT2D eigenvalue weighted by Crippen LogP contribution is -2.50. The molecule has 3 rings (SSSR count). The second-order valence-corrected chi connectivity index (χ2v) is 6.23. The molecule has 2 atom stereocenters. The van der Waals surface area contributed by atoms with E-state index >= 15 is 0 Å². The fourth-order valence-electron chi connectivity index (χ4n) is 2.81. The van der Waals surface area contributed by atoms with Gasteiger partial charge in [-0.05, 0) is 43.1 Å². The lowest BCUT2D eigenvalue weighted by molar-refractivity contribution is 0.0914. The Kier molecular flexibility index (Phi) is 9.41. The highest BCUT2D eigenvalue weighted by molar-refractivity contribution is 5.94. The quantitative estimate of drug-likeness (QED) is 0.812. The van der Waals surface area contributed by atoms with Crippen molar-refractivity contribution in [3.05, 3.63) is 59.9 Å². The molecule has 0 aliphatic carbocycles. The van der Waals surface area contributed by atoms with Crippen LogP contribution in [0.25, 0.3) is 0 Å². The van der Waals surface area contributed by atoms with Gasteiger partial charge in [0.05, 0.1) is 0 Å². The average Bonchev–Trinajstić information content (AvgIpc) is 2.63. The second-order valence-electron chi connectivity index (χ2n) is 6.23. The van der Waals surface area contributed by atoms with Crippen molar-refractivity contribution in [3.63, 3.8) is 0 Å². The molecule has 1 aromatic carbocycles. The largest absolute Gasteiger partial charge is 0.489 e. The molecule has 1 aliphatic heterocycles. The van der Waals surface area contributed by atoms with Crippen molar-refractivity contribution in [1.29, 1.82) is 0 Å². The first-order valence-corrected chi connectivity index (χ1v) is 8.36. The molecule has 5 nitrogen and oxygen atoms in total. The van der Waals surface area contributed by atoms with Crippen molar-refractivity contribution < 1.29 is 9.53 Å². The molecule has 7 heteroatoms. The van der Waals surface area contributed by atoms with Gasteiger partial charge in [-0.15, -0.1) is 24.8 Å². The Morgan fingerprint density at radius 2 is 2.15 bits per heavy atom. The molecular formula is C19H25Cl2N3O2. The molecule has 1 aromatic heterocycles. The van der Waals surface area contributed by atoms with E-state index in [1.807, 2.05) is 30.3 Å². The minimum Gasteiger partial charge on any atom is -0.489 e. The maximum absolute atomic E-state index is 12.5. The van der Waals surface area contributed by atoms with Crippen molar-refractivity contribution in [2.45, 2.75) is 26.0 Å². The van der Waals surface area contributed by atoms with Gasteiger partial charge in [0.2, 0.25) is 0 Å². The van der Waals surface area contributed by atoms with Crippen LogP contribution in [0.4, 0.5) is 0 Å². The highest BCUT2D eigenvalue weighted by atomic mass is 35.5. The molecule has 2 aromatic rings. The molecule has 142 valence electrons. The van der Waals surface area contributed by atoms with E-state index in [0.717, 1.165) is 25.1 Å². The molecule has 2 unspecified atom stereocenters. The summed E-state index contributed by atoms with van der Waals surface area (Å²) < 4.78 is 5.76. The number of hydrogen-bond donors (Lipinski definition) is 2. The zero-order valence-electron chi connectivity index (χ0n) is 14.7. The molecule has 0 spiro atoms. The summed E-state index contributed by atoms with van der Waals surface area (Å²) in [5.74, 6) is 1.11. The number of carbonyl (C=O) groups excluding carboxylic acids is 1. The number of ether oxygens (including phenoxy) is 1. The Bertz CT molecular complexity index is 685.